The highest BCUT2D eigenvalue weighted by Gasteiger charge is 2.21. The second-order valence-corrected chi connectivity index (χ2v) is 4.25. The Bertz CT molecular complexity index is 691. The second-order valence-electron chi connectivity index (χ2n) is 4.25. The van der Waals surface area contributed by atoms with Crippen molar-refractivity contribution in [2.24, 2.45) is 5.73 Å². The SMILES string of the molecule is NC(=O)Cc1ccccc1N(F)c1ccc(F)c(F)c1F. The summed E-state index contributed by atoms with van der Waals surface area (Å²) < 4.78 is 53.9. The van der Waals surface area contributed by atoms with Crippen molar-refractivity contribution in [1.82, 2.24) is 0 Å². The number of para-hydroxylation sites is 1. The molecule has 0 fully saturated rings. The van der Waals surface area contributed by atoms with Crippen LogP contribution in [0.1, 0.15) is 5.56 Å². The van der Waals surface area contributed by atoms with Crippen LogP contribution < -0.4 is 10.9 Å². The molecule has 2 aromatic rings. The fourth-order valence-electron chi connectivity index (χ4n) is 1.84. The van der Waals surface area contributed by atoms with Gasteiger partial charge in [0.1, 0.15) is 5.69 Å². The van der Waals surface area contributed by atoms with Crippen LogP contribution in [0, 0.1) is 17.5 Å². The Hall–Kier alpha value is -2.57. The lowest BCUT2D eigenvalue weighted by Crippen LogP contribution is -2.16. The molecule has 0 spiro atoms. The van der Waals surface area contributed by atoms with E-state index in [0.717, 1.165) is 6.07 Å². The number of halogens is 4. The van der Waals surface area contributed by atoms with Crippen molar-refractivity contribution in [3.63, 3.8) is 0 Å². The minimum atomic E-state index is -1.78. The first-order valence-corrected chi connectivity index (χ1v) is 5.87. The molecule has 0 unspecified atom stereocenters. The third-order valence-electron chi connectivity index (χ3n) is 2.79. The van der Waals surface area contributed by atoms with Crippen molar-refractivity contribution < 1.29 is 22.4 Å². The third-order valence-corrected chi connectivity index (χ3v) is 2.79. The van der Waals surface area contributed by atoms with E-state index in [-0.39, 0.29) is 22.8 Å². The van der Waals surface area contributed by atoms with Crippen LogP contribution in [0.15, 0.2) is 36.4 Å². The predicted octanol–water partition coefficient (Wildman–Crippen LogP) is 3.15. The van der Waals surface area contributed by atoms with E-state index < -0.39 is 29.0 Å². The quantitative estimate of drug-likeness (QED) is 0.535. The van der Waals surface area contributed by atoms with Crippen LogP contribution in [0.25, 0.3) is 0 Å². The number of hydrogen-bond acceptors (Lipinski definition) is 2. The monoisotopic (exact) mass is 298 g/mol. The number of nitrogens with zero attached hydrogens (tertiary/aromatic N) is 1. The molecule has 0 aliphatic rings. The molecule has 7 heteroatoms. The van der Waals surface area contributed by atoms with Gasteiger partial charge in [-0.3, -0.25) is 4.79 Å². The number of rotatable bonds is 4. The van der Waals surface area contributed by atoms with Gasteiger partial charge in [0.15, 0.2) is 17.5 Å². The highest BCUT2D eigenvalue weighted by atomic mass is 19.2. The molecule has 21 heavy (non-hydrogen) atoms. The number of amides is 1. The van der Waals surface area contributed by atoms with Crippen molar-refractivity contribution in [3.8, 4) is 0 Å². The first-order valence-electron chi connectivity index (χ1n) is 5.87. The van der Waals surface area contributed by atoms with Crippen LogP contribution in [-0.2, 0) is 11.2 Å². The van der Waals surface area contributed by atoms with Crippen molar-refractivity contribution in [3.05, 3.63) is 59.4 Å². The van der Waals surface area contributed by atoms with Gasteiger partial charge < -0.3 is 5.73 Å². The van der Waals surface area contributed by atoms with Crippen molar-refractivity contribution in [1.29, 1.82) is 0 Å². The van der Waals surface area contributed by atoms with Gasteiger partial charge in [0.25, 0.3) is 0 Å². The molecule has 0 saturated heterocycles. The summed E-state index contributed by atoms with van der Waals surface area (Å²) in [6, 6.07) is 7.04. The highest BCUT2D eigenvalue weighted by Crippen LogP contribution is 2.32. The van der Waals surface area contributed by atoms with E-state index in [2.05, 4.69) is 0 Å². The van der Waals surface area contributed by atoms with Crippen LogP contribution in [-0.4, -0.2) is 5.91 Å². The van der Waals surface area contributed by atoms with Gasteiger partial charge in [-0.1, -0.05) is 22.7 Å². The van der Waals surface area contributed by atoms with E-state index in [1.54, 1.807) is 0 Å². The molecule has 2 rings (SSSR count). The average Bonchev–Trinajstić information content (AvgIpc) is 2.44. The number of nitrogens with two attached hydrogens (primary N) is 1. The van der Waals surface area contributed by atoms with Gasteiger partial charge in [0, 0.05) is 0 Å². The first-order chi connectivity index (χ1) is 9.91. The molecule has 1 amide bonds. The molecule has 0 aliphatic carbocycles. The lowest BCUT2D eigenvalue weighted by atomic mass is 10.1. The summed E-state index contributed by atoms with van der Waals surface area (Å²) in [7, 11) is 0. The van der Waals surface area contributed by atoms with E-state index >= 15 is 0 Å². The average molecular weight is 298 g/mol. The number of carbonyl (C=O) groups is 1. The maximum atomic E-state index is 14.3. The molecule has 0 aromatic heterocycles. The molecule has 0 saturated carbocycles. The minimum absolute atomic E-state index is 0.157. The molecule has 0 atom stereocenters. The standard InChI is InChI=1S/C14H10F4N2O/c15-9-5-6-11(14(17)13(9)16)20(18)10-4-2-1-3-8(10)7-12(19)21/h1-6H,7H2,(H2,19,21). The smallest absolute Gasteiger partial charge is 0.221 e. The lowest BCUT2D eigenvalue weighted by molar-refractivity contribution is -0.117. The maximum absolute atomic E-state index is 14.3. The van der Waals surface area contributed by atoms with Crippen molar-refractivity contribution >= 4 is 17.3 Å². The summed E-state index contributed by atoms with van der Waals surface area (Å²) in [5, 5.41) is -0.157. The van der Waals surface area contributed by atoms with Gasteiger partial charge in [-0.05, 0) is 23.8 Å². The zero-order chi connectivity index (χ0) is 15.6. The molecule has 2 N–H and O–H groups in total. The topological polar surface area (TPSA) is 46.3 Å². The number of carbonyl (C=O) groups excluding carboxylic acids is 1. The maximum Gasteiger partial charge on any atom is 0.221 e. The van der Waals surface area contributed by atoms with Gasteiger partial charge in [-0.15, -0.1) is 0 Å². The van der Waals surface area contributed by atoms with Gasteiger partial charge in [0.2, 0.25) is 5.91 Å². The molecule has 110 valence electrons. The molecule has 0 bridgehead atoms. The van der Waals surface area contributed by atoms with E-state index in [9.17, 15) is 22.4 Å². The molecule has 2 aromatic carbocycles. The zero-order valence-electron chi connectivity index (χ0n) is 10.6. The second kappa shape index (κ2) is 5.82. The van der Waals surface area contributed by atoms with E-state index in [1.165, 1.54) is 24.3 Å². The van der Waals surface area contributed by atoms with E-state index in [1.807, 2.05) is 0 Å². The summed E-state index contributed by atoms with van der Waals surface area (Å²) in [6.45, 7) is 0. The van der Waals surface area contributed by atoms with Gasteiger partial charge in [-0.2, -0.15) is 5.12 Å². The minimum Gasteiger partial charge on any atom is -0.369 e. The molecular formula is C14H10F4N2O. The Morgan fingerprint density at radius 2 is 1.67 bits per heavy atom. The summed E-state index contributed by atoms with van der Waals surface area (Å²) in [5.74, 6) is -5.56. The lowest BCUT2D eigenvalue weighted by Gasteiger charge is -2.18. The molecule has 3 nitrogen and oxygen atoms in total. The van der Waals surface area contributed by atoms with Crippen LogP contribution in [0.4, 0.5) is 29.0 Å². The number of hydrogen-bond donors (Lipinski definition) is 1. The Morgan fingerprint density at radius 3 is 2.33 bits per heavy atom. The van der Waals surface area contributed by atoms with E-state index in [4.69, 9.17) is 5.73 Å². The van der Waals surface area contributed by atoms with Crippen LogP contribution in [0.3, 0.4) is 0 Å². The largest absolute Gasteiger partial charge is 0.369 e. The normalized spacial score (nSPS) is 10.5. The first kappa shape index (κ1) is 14.8. The summed E-state index contributed by atoms with van der Waals surface area (Å²) in [5.41, 5.74) is 4.25. The fraction of sp³-hybridized carbons (Fsp3) is 0.0714. The van der Waals surface area contributed by atoms with Crippen LogP contribution >= 0.6 is 0 Å². The Labute approximate surface area is 117 Å². The molecule has 0 heterocycles. The summed E-state index contributed by atoms with van der Waals surface area (Å²) in [4.78, 5) is 10.9. The molecular weight excluding hydrogens is 288 g/mol. The molecule has 0 radical (unpaired) electrons. The number of primary amides is 1. The summed E-state index contributed by atoms with van der Waals surface area (Å²) in [6.07, 6.45) is -0.276. The molecule has 0 aliphatic heterocycles. The number of anilines is 2. The van der Waals surface area contributed by atoms with E-state index in [0.29, 0.717) is 6.07 Å². The Balaban J connectivity index is 2.48. The predicted molar refractivity (Wildman–Crippen MR) is 68.9 cm³/mol. The van der Waals surface area contributed by atoms with Gasteiger partial charge in [0.05, 0.1) is 12.1 Å². The van der Waals surface area contributed by atoms with Crippen LogP contribution in [0.2, 0.25) is 0 Å². The number of benzene rings is 2. The summed E-state index contributed by atoms with van der Waals surface area (Å²) >= 11 is 0. The third kappa shape index (κ3) is 2.96. The van der Waals surface area contributed by atoms with Crippen LogP contribution in [0.5, 0.6) is 0 Å². The fourth-order valence-corrected chi connectivity index (χ4v) is 1.84. The van der Waals surface area contributed by atoms with Gasteiger partial charge in [-0.25, -0.2) is 13.2 Å². The highest BCUT2D eigenvalue weighted by molar-refractivity contribution is 5.79. The van der Waals surface area contributed by atoms with Crippen molar-refractivity contribution in [2.75, 3.05) is 5.12 Å². The Kier molecular flexibility index (Phi) is 4.11. The Morgan fingerprint density at radius 1 is 1.00 bits per heavy atom. The van der Waals surface area contributed by atoms with Gasteiger partial charge >= 0.3 is 0 Å². The van der Waals surface area contributed by atoms with Crippen molar-refractivity contribution in [2.45, 2.75) is 6.42 Å². The zero-order valence-corrected chi connectivity index (χ0v) is 10.6.